The van der Waals surface area contributed by atoms with E-state index >= 15 is 0 Å². The number of hydrogen-bond donors (Lipinski definition) is 0. The first-order valence-corrected chi connectivity index (χ1v) is 7.52. The van der Waals surface area contributed by atoms with E-state index in [1.54, 1.807) is 19.5 Å². The Morgan fingerprint density at radius 3 is 2.74 bits per heavy atom. The standard InChI is InChI=1S/C17H13ClN4O/c1-23-12-4-2-11(3-5-12)9-22-10-14-13-6-7-19-8-15(13)20-17(18)16(14)21-22/h2-8,10H,9H2,1H3. The molecule has 3 heterocycles. The minimum absolute atomic E-state index is 0.397. The molecule has 0 radical (unpaired) electrons. The second-order valence-corrected chi connectivity index (χ2v) is 5.59. The maximum atomic E-state index is 6.26. The van der Waals surface area contributed by atoms with Gasteiger partial charge in [-0.05, 0) is 23.8 Å². The number of ether oxygens (including phenoxy) is 1. The Balaban J connectivity index is 1.78. The molecular weight excluding hydrogens is 312 g/mol. The normalized spacial score (nSPS) is 11.2. The van der Waals surface area contributed by atoms with Gasteiger partial charge in [-0.25, -0.2) is 4.98 Å². The number of methoxy groups -OCH3 is 1. The van der Waals surface area contributed by atoms with Gasteiger partial charge in [-0.1, -0.05) is 23.7 Å². The molecule has 1 aromatic carbocycles. The van der Waals surface area contributed by atoms with E-state index in [1.165, 1.54) is 0 Å². The van der Waals surface area contributed by atoms with Crippen LogP contribution in [0.15, 0.2) is 48.9 Å². The fourth-order valence-electron chi connectivity index (χ4n) is 2.63. The van der Waals surface area contributed by atoms with Gasteiger partial charge in [-0.2, -0.15) is 5.10 Å². The van der Waals surface area contributed by atoms with Crippen LogP contribution in [0, 0.1) is 0 Å². The fourth-order valence-corrected chi connectivity index (χ4v) is 2.86. The summed E-state index contributed by atoms with van der Waals surface area (Å²) in [5.41, 5.74) is 2.61. The molecule has 0 spiro atoms. The van der Waals surface area contributed by atoms with Crippen molar-refractivity contribution in [2.45, 2.75) is 6.54 Å². The van der Waals surface area contributed by atoms with Gasteiger partial charge < -0.3 is 4.74 Å². The molecule has 0 aliphatic rings. The lowest BCUT2D eigenvalue weighted by atomic mass is 10.2. The van der Waals surface area contributed by atoms with Crippen LogP contribution < -0.4 is 4.74 Å². The summed E-state index contributed by atoms with van der Waals surface area (Å²) in [6.07, 6.45) is 5.45. The summed E-state index contributed by atoms with van der Waals surface area (Å²) < 4.78 is 7.05. The van der Waals surface area contributed by atoms with Crippen molar-refractivity contribution in [3.63, 3.8) is 0 Å². The highest BCUT2D eigenvalue weighted by atomic mass is 35.5. The zero-order valence-corrected chi connectivity index (χ0v) is 13.2. The third-order valence-corrected chi connectivity index (χ3v) is 4.03. The number of benzene rings is 1. The first-order chi connectivity index (χ1) is 11.2. The van der Waals surface area contributed by atoms with Gasteiger partial charge in [0, 0.05) is 23.2 Å². The molecule has 6 heteroatoms. The SMILES string of the molecule is COc1ccc(Cn2cc3c(n2)c(Cl)nc2cnccc23)cc1. The number of hydrogen-bond acceptors (Lipinski definition) is 4. The van der Waals surface area contributed by atoms with Crippen LogP contribution in [0.25, 0.3) is 21.8 Å². The zero-order chi connectivity index (χ0) is 15.8. The van der Waals surface area contributed by atoms with Crippen molar-refractivity contribution < 1.29 is 4.74 Å². The van der Waals surface area contributed by atoms with Crippen molar-refractivity contribution >= 4 is 33.4 Å². The van der Waals surface area contributed by atoms with Gasteiger partial charge in [0.2, 0.25) is 0 Å². The summed E-state index contributed by atoms with van der Waals surface area (Å²) in [6, 6.07) is 9.85. The molecular formula is C17H13ClN4O. The van der Waals surface area contributed by atoms with Crippen LogP contribution in [0.1, 0.15) is 5.56 Å². The molecule has 0 saturated carbocycles. The van der Waals surface area contributed by atoms with E-state index in [1.807, 2.05) is 41.2 Å². The lowest BCUT2D eigenvalue weighted by Gasteiger charge is -2.03. The molecule has 0 N–H and O–H groups in total. The molecule has 0 saturated heterocycles. The maximum Gasteiger partial charge on any atom is 0.157 e. The largest absolute Gasteiger partial charge is 0.497 e. The Kier molecular flexibility index (Phi) is 3.35. The smallest absolute Gasteiger partial charge is 0.157 e. The Bertz CT molecular complexity index is 995. The highest BCUT2D eigenvalue weighted by Crippen LogP contribution is 2.27. The summed E-state index contributed by atoms with van der Waals surface area (Å²) in [5.74, 6) is 0.838. The van der Waals surface area contributed by atoms with Crippen molar-refractivity contribution in [3.05, 3.63) is 59.6 Å². The van der Waals surface area contributed by atoms with Gasteiger partial charge in [-0.15, -0.1) is 0 Å². The average Bonchev–Trinajstić information content (AvgIpc) is 3.00. The number of halogens is 1. The second-order valence-electron chi connectivity index (χ2n) is 5.23. The second kappa shape index (κ2) is 5.52. The van der Waals surface area contributed by atoms with Gasteiger partial charge in [0.1, 0.15) is 11.3 Å². The average molecular weight is 325 g/mol. The van der Waals surface area contributed by atoms with E-state index in [0.717, 1.165) is 27.6 Å². The van der Waals surface area contributed by atoms with Crippen molar-refractivity contribution in [1.82, 2.24) is 19.7 Å². The van der Waals surface area contributed by atoms with Crippen molar-refractivity contribution in [2.75, 3.05) is 7.11 Å². The van der Waals surface area contributed by atoms with E-state index in [0.29, 0.717) is 17.2 Å². The lowest BCUT2D eigenvalue weighted by molar-refractivity contribution is 0.414. The van der Waals surface area contributed by atoms with Gasteiger partial charge in [0.15, 0.2) is 5.15 Å². The molecule has 0 aliphatic carbocycles. The number of aromatic nitrogens is 4. The Hall–Kier alpha value is -2.66. The van der Waals surface area contributed by atoms with E-state index in [-0.39, 0.29) is 0 Å². The monoisotopic (exact) mass is 324 g/mol. The van der Waals surface area contributed by atoms with E-state index in [4.69, 9.17) is 16.3 Å². The fraction of sp³-hybridized carbons (Fsp3) is 0.118. The Morgan fingerprint density at radius 2 is 1.96 bits per heavy atom. The molecule has 0 atom stereocenters. The molecule has 114 valence electrons. The number of nitrogens with zero attached hydrogens (tertiary/aromatic N) is 4. The molecule has 0 bridgehead atoms. The predicted molar refractivity (Wildman–Crippen MR) is 89.9 cm³/mol. The van der Waals surface area contributed by atoms with Gasteiger partial charge in [-0.3, -0.25) is 9.67 Å². The van der Waals surface area contributed by atoms with Crippen LogP contribution >= 0.6 is 11.6 Å². The van der Waals surface area contributed by atoms with Crippen LogP contribution in [0.2, 0.25) is 5.15 Å². The lowest BCUT2D eigenvalue weighted by Crippen LogP contribution is -1.99. The third kappa shape index (κ3) is 2.49. The van der Waals surface area contributed by atoms with Gasteiger partial charge in [0.25, 0.3) is 0 Å². The predicted octanol–water partition coefficient (Wildman–Crippen LogP) is 3.69. The zero-order valence-electron chi connectivity index (χ0n) is 12.4. The third-order valence-electron chi connectivity index (χ3n) is 3.77. The molecule has 4 aromatic rings. The highest BCUT2D eigenvalue weighted by Gasteiger charge is 2.11. The van der Waals surface area contributed by atoms with Gasteiger partial charge >= 0.3 is 0 Å². The molecule has 3 aromatic heterocycles. The van der Waals surface area contributed by atoms with E-state index in [9.17, 15) is 0 Å². The Labute approximate surface area is 137 Å². The number of rotatable bonds is 3. The summed E-state index contributed by atoms with van der Waals surface area (Å²) >= 11 is 6.26. The first-order valence-electron chi connectivity index (χ1n) is 7.14. The molecule has 0 fully saturated rings. The highest BCUT2D eigenvalue weighted by molar-refractivity contribution is 6.35. The van der Waals surface area contributed by atoms with Gasteiger partial charge in [0.05, 0.1) is 25.4 Å². The first kappa shape index (κ1) is 14.0. The quantitative estimate of drug-likeness (QED) is 0.539. The minimum atomic E-state index is 0.397. The van der Waals surface area contributed by atoms with Crippen LogP contribution in [0.5, 0.6) is 5.75 Å². The van der Waals surface area contributed by atoms with Crippen LogP contribution in [0.4, 0.5) is 0 Å². The summed E-state index contributed by atoms with van der Waals surface area (Å²) in [5, 5.41) is 6.95. The molecule has 0 aliphatic heterocycles. The minimum Gasteiger partial charge on any atom is -0.497 e. The van der Waals surface area contributed by atoms with E-state index in [2.05, 4.69) is 15.1 Å². The molecule has 4 rings (SSSR count). The summed E-state index contributed by atoms with van der Waals surface area (Å²) in [7, 11) is 1.66. The van der Waals surface area contributed by atoms with Crippen LogP contribution in [0.3, 0.4) is 0 Å². The van der Waals surface area contributed by atoms with Crippen LogP contribution in [-0.4, -0.2) is 26.9 Å². The molecule has 23 heavy (non-hydrogen) atoms. The molecule has 5 nitrogen and oxygen atoms in total. The van der Waals surface area contributed by atoms with Crippen LogP contribution in [-0.2, 0) is 6.54 Å². The van der Waals surface area contributed by atoms with Crippen molar-refractivity contribution in [2.24, 2.45) is 0 Å². The summed E-state index contributed by atoms with van der Waals surface area (Å²) in [6.45, 7) is 0.654. The maximum absolute atomic E-state index is 6.26. The molecule has 0 unspecified atom stereocenters. The summed E-state index contributed by atoms with van der Waals surface area (Å²) in [4.78, 5) is 8.45. The topological polar surface area (TPSA) is 52.8 Å². The van der Waals surface area contributed by atoms with Crippen molar-refractivity contribution in [3.8, 4) is 5.75 Å². The Morgan fingerprint density at radius 1 is 1.13 bits per heavy atom. The van der Waals surface area contributed by atoms with E-state index < -0.39 is 0 Å². The number of pyridine rings is 2. The number of fused-ring (bicyclic) bond motifs is 3. The molecule has 0 amide bonds. The van der Waals surface area contributed by atoms with Crippen molar-refractivity contribution in [1.29, 1.82) is 0 Å².